The largest absolute Gasteiger partial charge is 0.497 e. The molecule has 1 aromatic rings. The Morgan fingerprint density at radius 3 is 2.20 bits per heavy atom. The van der Waals surface area contributed by atoms with Gasteiger partial charge >= 0.3 is 0 Å². The molecule has 0 aliphatic heterocycles. The summed E-state index contributed by atoms with van der Waals surface area (Å²) in [5.74, 6) is 1.54. The van der Waals surface area contributed by atoms with Gasteiger partial charge in [0.1, 0.15) is 11.5 Å². The van der Waals surface area contributed by atoms with Crippen LogP contribution in [-0.2, 0) is 4.74 Å². The molecule has 1 radical (unpaired) electrons. The summed E-state index contributed by atoms with van der Waals surface area (Å²) in [6, 6.07) is 5.67. The van der Waals surface area contributed by atoms with Crippen LogP contribution in [0.4, 0.5) is 0 Å². The second-order valence-electron chi connectivity index (χ2n) is 2.92. The van der Waals surface area contributed by atoms with Gasteiger partial charge in [-0.2, -0.15) is 0 Å². The summed E-state index contributed by atoms with van der Waals surface area (Å²) < 4.78 is 15.0. The van der Waals surface area contributed by atoms with Crippen molar-refractivity contribution < 1.29 is 14.2 Å². The van der Waals surface area contributed by atoms with Crippen LogP contribution in [0.25, 0.3) is 6.08 Å². The van der Waals surface area contributed by atoms with Crippen molar-refractivity contribution in [1.29, 1.82) is 0 Å². The van der Waals surface area contributed by atoms with Crippen LogP contribution in [0.5, 0.6) is 11.5 Å². The Morgan fingerprint density at radius 1 is 1.13 bits per heavy atom. The van der Waals surface area contributed by atoms with E-state index in [1.807, 2.05) is 30.4 Å². The summed E-state index contributed by atoms with van der Waals surface area (Å²) in [6.07, 6.45) is 3.80. The third-order valence-corrected chi connectivity index (χ3v) is 1.90. The Hall–Kier alpha value is -1.48. The predicted octanol–water partition coefficient (Wildman–Crippen LogP) is 2.53. The summed E-state index contributed by atoms with van der Waals surface area (Å²) in [4.78, 5) is 0. The van der Waals surface area contributed by atoms with E-state index in [-0.39, 0.29) is 0 Å². The first-order chi connectivity index (χ1) is 7.30. The van der Waals surface area contributed by atoms with Crippen molar-refractivity contribution in [3.05, 3.63) is 36.9 Å². The fourth-order valence-electron chi connectivity index (χ4n) is 1.18. The van der Waals surface area contributed by atoms with Crippen molar-refractivity contribution in [3.8, 4) is 11.5 Å². The average molecular weight is 207 g/mol. The Morgan fingerprint density at radius 2 is 1.73 bits per heavy atom. The zero-order valence-corrected chi connectivity index (χ0v) is 9.03. The molecule has 0 amide bonds. The van der Waals surface area contributed by atoms with Crippen LogP contribution in [0.15, 0.2) is 24.3 Å². The summed E-state index contributed by atoms with van der Waals surface area (Å²) >= 11 is 0. The van der Waals surface area contributed by atoms with Gasteiger partial charge in [-0.25, -0.2) is 0 Å². The van der Waals surface area contributed by atoms with E-state index in [1.165, 1.54) is 0 Å². The Balaban J connectivity index is 2.86. The van der Waals surface area contributed by atoms with Crippen LogP contribution >= 0.6 is 0 Å². The third-order valence-electron chi connectivity index (χ3n) is 1.90. The van der Waals surface area contributed by atoms with Gasteiger partial charge in [0.05, 0.1) is 27.9 Å². The van der Waals surface area contributed by atoms with E-state index >= 15 is 0 Å². The van der Waals surface area contributed by atoms with Crippen molar-refractivity contribution in [2.75, 3.05) is 20.8 Å². The van der Waals surface area contributed by atoms with Crippen molar-refractivity contribution in [2.45, 2.75) is 0 Å². The normalized spacial score (nSPS) is 10.6. The Labute approximate surface area is 90.3 Å². The molecule has 3 heteroatoms. The van der Waals surface area contributed by atoms with Gasteiger partial charge in [-0.15, -0.1) is 0 Å². The summed E-state index contributed by atoms with van der Waals surface area (Å²) in [5.41, 5.74) is 1.00. The zero-order chi connectivity index (χ0) is 11.1. The van der Waals surface area contributed by atoms with E-state index in [1.54, 1.807) is 14.2 Å². The molecule has 0 spiro atoms. The van der Waals surface area contributed by atoms with E-state index in [9.17, 15) is 0 Å². The first-order valence-electron chi connectivity index (χ1n) is 4.56. The quantitative estimate of drug-likeness (QED) is 0.742. The molecule has 81 valence electrons. The van der Waals surface area contributed by atoms with E-state index in [2.05, 4.69) is 11.8 Å². The average Bonchev–Trinajstić information content (AvgIpc) is 2.29. The fourth-order valence-corrected chi connectivity index (χ4v) is 1.18. The predicted molar refractivity (Wildman–Crippen MR) is 59.9 cm³/mol. The molecule has 0 aromatic heterocycles. The molecule has 0 bridgehead atoms. The van der Waals surface area contributed by atoms with Gasteiger partial charge in [-0.05, 0) is 17.7 Å². The Kier molecular flexibility index (Phi) is 4.71. The number of ether oxygens (including phenoxy) is 3. The van der Waals surface area contributed by atoms with Gasteiger partial charge in [0.2, 0.25) is 0 Å². The van der Waals surface area contributed by atoms with Gasteiger partial charge in [-0.3, -0.25) is 0 Å². The SMILES string of the molecule is [CH2]OCC=Cc1cc(OC)cc(OC)c1. The molecular formula is C12H15O3. The molecular weight excluding hydrogens is 192 g/mol. The zero-order valence-electron chi connectivity index (χ0n) is 9.03. The van der Waals surface area contributed by atoms with Crippen LogP contribution in [0, 0.1) is 7.11 Å². The van der Waals surface area contributed by atoms with E-state index in [0.29, 0.717) is 6.61 Å². The maximum atomic E-state index is 5.15. The highest BCUT2D eigenvalue weighted by Crippen LogP contribution is 2.23. The minimum atomic E-state index is 0.486. The first-order valence-corrected chi connectivity index (χ1v) is 4.56. The number of methoxy groups -OCH3 is 2. The summed E-state index contributed by atoms with van der Waals surface area (Å²) in [5, 5.41) is 0. The maximum absolute atomic E-state index is 5.15. The minimum Gasteiger partial charge on any atom is -0.497 e. The Bertz CT molecular complexity index is 309. The van der Waals surface area contributed by atoms with Gasteiger partial charge < -0.3 is 14.2 Å². The lowest BCUT2D eigenvalue weighted by atomic mass is 10.2. The maximum Gasteiger partial charge on any atom is 0.123 e. The minimum absolute atomic E-state index is 0.486. The number of hydrogen-bond acceptors (Lipinski definition) is 3. The third kappa shape index (κ3) is 3.64. The number of rotatable bonds is 5. The monoisotopic (exact) mass is 207 g/mol. The molecule has 0 aliphatic rings. The van der Waals surface area contributed by atoms with Crippen molar-refractivity contribution in [3.63, 3.8) is 0 Å². The molecule has 1 rings (SSSR count). The summed E-state index contributed by atoms with van der Waals surface area (Å²) in [7, 11) is 6.54. The van der Waals surface area contributed by atoms with Crippen LogP contribution in [0.3, 0.4) is 0 Å². The van der Waals surface area contributed by atoms with Gasteiger partial charge in [0.15, 0.2) is 0 Å². The molecule has 0 aliphatic carbocycles. The van der Waals surface area contributed by atoms with E-state index in [4.69, 9.17) is 9.47 Å². The standard InChI is InChI=1S/C12H15O3/c1-13-6-4-5-10-7-11(14-2)9-12(8-10)15-3/h4-5,7-9H,1,6H2,2-3H3. The topological polar surface area (TPSA) is 27.7 Å². The van der Waals surface area contributed by atoms with Gasteiger partial charge in [0.25, 0.3) is 0 Å². The van der Waals surface area contributed by atoms with Crippen molar-refractivity contribution in [1.82, 2.24) is 0 Å². The lowest BCUT2D eigenvalue weighted by Gasteiger charge is -2.05. The second kappa shape index (κ2) is 6.09. The molecule has 15 heavy (non-hydrogen) atoms. The van der Waals surface area contributed by atoms with Crippen LogP contribution in [0.2, 0.25) is 0 Å². The van der Waals surface area contributed by atoms with E-state index in [0.717, 1.165) is 17.1 Å². The molecule has 0 saturated heterocycles. The smallest absolute Gasteiger partial charge is 0.123 e. The van der Waals surface area contributed by atoms with Crippen molar-refractivity contribution >= 4 is 6.08 Å². The van der Waals surface area contributed by atoms with Gasteiger partial charge in [-0.1, -0.05) is 12.2 Å². The van der Waals surface area contributed by atoms with Crippen LogP contribution in [-0.4, -0.2) is 20.8 Å². The highest BCUT2D eigenvalue weighted by molar-refractivity contribution is 5.55. The van der Waals surface area contributed by atoms with Crippen LogP contribution < -0.4 is 9.47 Å². The highest BCUT2D eigenvalue weighted by atomic mass is 16.5. The summed E-state index contributed by atoms with van der Waals surface area (Å²) in [6.45, 7) is 0.486. The van der Waals surface area contributed by atoms with Crippen LogP contribution in [0.1, 0.15) is 5.56 Å². The van der Waals surface area contributed by atoms with Gasteiger partial charge in [0, 0.05) is 6.07 Å². The fraction of sp³-hybridized carbons (Fsp3) is 0.250. The number of benzene rings is 1. The molecule has 0 atom stereocenters. The molecule has 0 saturated carbocycles. The van der Waals surface area contributed by atoms with E-state index < -0.39 is 0 Å². The highest BCUT2D eigenvalue weighted by Gasteiger charge is 1.98. The molecule has 3 nitrogen and oxygen atoms in total. The lowest BCUT2D eigenvalue weighted by molar-refractivity contribution is 0.282. The molecule has 0 N–H and O–H groups in total. The molecule has 0 unspecified atom stereocenters. The second-order valence-corrected chi connectivity index (χ2v) is 2.92. The molecule has 1 aromatic carbocycles. The molecule has 0 fully saturated rings. The van der Waals surface area contributed by atoms with Crippen molar-refractivity contribution in [2.24, 2.45) is 0 Å². The molecule has 0 heterocycles. The number of hydrogen-bond donors (Lipinski definition) is 0. The lowest BCUT2D eigenvalue weighted by Crippen LogP contribution is -1.88. The first kappa shape index (κ1) is 11.6.